The molecule has 0 unspecified atom stereocenters. The Morgan fingerprint density at radius 2 is 2.17 bits per heavy atom. The lowest BCUT2D eigenvalue weighted by Gasteiger charge is -2.13. The molecule has 1 aliphatic rings. The van der Waals surface area contributed by atoms with Crippen LogP contribution in [0.4, 0.5) is 0 Å². The van der Waals surface area contributed by atoms with Gasteiger partial charge in [-0.05, 0) is 13.0 Å². The molecule has 1 aliphatic heterocycles. The number of furan rings is 1. The predicted molar refractivity (Wildman–Crippen MR) is 62.0 cm³/mol. The molecule has 6 nitrogen and oxygen atoms in total. The van der Waals surface area contributed by atoms with Crippen LogP contribution in [0, 0.1) is 0 Å². The van der Waals surface area contributed by atoms with Crippen LogP contribution in [0.25, 0.3) is 0 Å². The van der Waals surface area contributed by atoms with Crippen molar-refractivity contribution in [2.75, 3.05) is 19.7 Å². The van der Waals surface area contributed by atoms with E-state index in [1.54, 1.807) is 13.0 Å². The standard InChI is InChI=1S/C12H17NO5/c1-2-17-12(16)8-3-4-18-11(8)7-13-5-9(14)10(15)6-13/h3-4,9-10,14-15H,2,5-7H2,1H3/t9-,10+. The number of aliphatic hydroxyl groups is 2. The summed E-state index contributed by atoms with van der Waals surface area (Å²) in [4.78, 5) is 13.5. The molecule has 100 valence electrons. The molecule has 0 aliphatic carbocycles. The van der Waals surface area contributed by atoms with Gasteiger partial charge in [0, 0.05) is 13.1 Å². The minimum atomic E-state index is -0.744. The van der Waals surface area contributed by atoms with E-state index in [0.717, 1.165) is 0 Å². The molecule has 0 radical (unpaired) electrons. The first kappa shape index (κ1) is 13.1. The molecule has 1 aromatic rings. The van der Waals surface area contributed by atoms with E-state index in [4.69, 9.17) is 9.15 Å². The minimum absolute atomic E-state index is 0.310. The van der Waals surface area contributed by atoms with Crippen LogP contribution >= 0.6 is 0 Å². The molecule has 2 rings (SSSR count). The van der Waals surface area contributed by atoms with Crippen LogP contribution in [0.2, 0.25) is 0 Å². The van der Waals surface area contributed by atoms with Gasteiger partial charge in [-0.2, -0.15) is 0 Å². The molecule has 0 bridgehead atoms. The van der Waals surface area contributed by atoms with E-state index >= 15 is 0 Å². The van der Waals surface area contributed by atoms with Crippen molar-refractivity contribution in [3.05, 3.63) is 23.7 Å². The summed E-state index contributed by atoms with van der Waals surface area (Å²) < 4.78 is 10.2. The summed E-state index contributed by atoms with van der Waals surface area (Å²) in [7, 11) is 0. The molecule has 0 saturated carbocycles. The topological polar surface area (TPSA) is 83.1 Å². The van der Waals surface area contributed by atoms with E-state index in [-0.39, 0.29) is 0 Å². The summed E-state index contributed by atoms with van der Waals surface area (Å²) in [5, 5.41) is 18.9. The van der Waals surface area contributed by atoms with E-state index in [1.807, 2.05) is 4.90 Å². The Kier molecular flexibility index (Phi) is 4.00. The molecular formula is C12H17NO5. The average molecular weight is 255 g/mol. The van der Waals surface area contributed by atoms with Crippen molar-refractivity contribution in [2.24, 2.45) is 0 Å². The number of ether oxygens (including phenoxy) is 1. The summed E-state index contributed by atoms with van der Waals surface area (Å²) in [5.41, 5.74) is 0.396. The Hall–Kier alpha value is -1.37. The molecule has 2 N–H and O–H groups in total. The van der Waals surface area contributed by atoms with Gasteiger partial charge >= 0.3 is 5.97 Å². The second-order valence-corrected chi connectivity index (χ2v) is 4.31. The van der Waals surface area contributed by atoms with Gasteiger partial charge in [-0.25, -0.2) is 4.79 Å². The van der Waals surface area contributed by atoms with Gasteiger partial charge in [0.25, 0.3) is 0 Å². The molecule has 1 fully saturated rings. The highest BCUT2D eigenvalue weighted by Gasteiger charge is 2.30. The highest BCUT2D eigenvalue weighted by Crippen LogP contribution is 2.18. The van der Waals surface area contributed by atoms with E-state index in [9.17, 15) is 15.0 Å². The van der Waals surface area contributed by atoms with E-state index in [0.29, 0.717) is 37.6 Å². The van der Waals surface area contributed by atoms with E-state index < -0.39 is 18.2 Å². The Balaban J connectivity index is 2.02. The van der Waals surface area contributed by atoms with Gasteiger partial charge in [-0.15, -0.1) is 0 Å². The lowest BCUT2D eigenvalue weighted by molar-refractivity contribution is 0.0522. The molecule has 0 amide bonds. The third kappa shape index (κ3) is 2.72. The zero-order valence-electron chi connectivity index (χ0n) is 10.2. The summed E-state index contributed by atoms with van der Waals surface area (Å²) in [6.07, 6.45) is -0.0538. The number of rotatable bonds is 4. The van der Waals surface area contributed by atoms with Gasteiger partial charge in [0.15, 0.2) is 0 Å². The van der Waals surface area contributed by atoms with Crippen LogP contribution in [0.15, 0.2) is 16.7 Å². The maximum atomic E-state index is 11.6. The number of hydrogen-bond donors (Lipinski definition) is 2. The van der Waals surface area contributed by atoms with Gasteiger partial charge in [0.1, 0.15) is 11.3 Å². The second-order valence-electron chi connectivity index (χ2n) is 4.31. The van der Waals surface area contributed by atoms with Crippen molar-refractivity contribution in [2.45, 2.75) is 25.7 Å². The summed E-state index contributed by atoms with van der Waals surface area (Å²) in [6, 6.07) is 1.57. The van der Waals surface area contributed by atoms with Crippen molar-refractivity contribution in [3.8, 4) is 0 Å². The second kappa shape index (κ2) is 5.51. The SMILES string of the molecule is CCOC(=O)c1ccoc1CN1C[C@@H](O)[C@@H](O)C1. The fourth-order valence-corrected chi connectivity index (χ4v) is 2.03. The summed E-state index contributed by atoms with van der Waals surface area (Å²) >= 11 is 0. The third-order valence-electron chi connectivity index (χ3n) is 2.94. The lowest BCUT2D eigenvalue weighted by atomic mass is 10.2. The van der Waals surface area contributed by atoms with Crippen molar-refractivity contribution < 1.29 is 24.2 Å². The predicted octanol–water partition coefficient (Wildman–Crippen LogP) is -0.00630. The monoisotopic (exact) mass is 255 g/mol. The highest BCUT2D eigenvalue weighted by molar-refractivity contribution is 5.90. The Labute approximate surface area is 105 Å². The minimum Gasteiger partial charge on any atom is -0.467 e. The lowest BCUT2D eigenvalue weighted by Crippen LogP contribution is -2.22. The molecule has 18 heavy (non-hydrogen) atoms. The molecule has 0 spiro atoms. The van der Waals surface area contributed by atoms with Gasteiger partial charge in [-0.3, -0.25) is 4.90 Å². The van der Waals surface area contributed by atoms with Crippen molar-refractivity contribution in [1.82, 2.24) is 4.90 Å². The average Bonchev–Trinajstić information content (AvgIpc) is 2.88. The molecule has 2 heterocycles. The van der Waals surface area contributed by atoms with Crippen molar-refractivity contribution >= 4 is 5.97 Å². The number of likely N-dealkylation sites (tertiary alicyclic amines) is 1. The number of esters is 1. The van der Waals surface area contributed by atoms with Crippen molar-refractivity contribution in [3.63, 3.8) is 0 Å². The van der Waals surface area contributed by atoms with Gasteiger partial charge in [-0.1, -0.05) is 0 Å². The van der Waals surface area contributed by atoms with E-state index in [2.05, 4.69) is 0 Å². The van der Waals surface area contributed by atoms with Crippen LogP contribution in [0.5, 0.6) is 0 Å². The number of aliphatic hydroxyl groups excluding tert-OH is 2. The number of carbonyl (C=O) groups is 1. The zero-order chi connectivity index (χ0) is 13.1. The van der Waals surface area contributed by atoms with Gasteiger partial charge < -0.3 is 19.4 Å². The smallest absolute Gasteiger partial charge is 0.341 e. The fraction of sp³-hybridized carbons (Fsp3) is 0.583. The largest absolute Gasteiger partial charge is 0.467 e. The molecule has 1 aromatic heterocycles. The van der Waals surface area contributed by atoms with Crippen LogP contribution in [0.1, 0.15) is 23.0 Å². The molecule has 2 atom stereocenters. The number of β-amino-alcohol motifs (C(OH)–C–C–N with tert-alkyl or cyclic N) is 2. The molecule has 1 saturated heterocycles. The van der Waals surface area contributed by atoms with Crippen molar-refractivity contribution in [1.29, 1.82) is 0 Å². The Bertz CT molecular complexity index is 406. The third-order valence-corrected chi connectivity index (χ3v) is 2.94. The fourth-order valence-electron chi connectivity index (χ4n) is 2.03. The number of carbonyl (C=O) groups excluding carboxylic acids is 1. The van der Waals surface area contributed by atoms with Crippen LogP contribution in [0.3, 0.4) is 0 Å². The quantitative estimate of drug-likeness (QED) is 0.736. The summed E-state index contributed by atoms with van der Waals surface area (Å²) in [5.74, 6) is 0.0799. The molecular weight excluding hydrogens is 238 g/mol. The maximum Gasteiger partial charge on any atom is 0.341 e. The van der Waals surface area contributed by atoms with Crippen LogP contribution in [-0.2, 0) is 11.3 Å². The summed E-state index contributed by atoms with van der Waals surface area (Å²) in [6.45, 7) is 3.15. The first-order chi connectivity index (χ1) is 8.61. The van der Waals surface area contributed by atoms with Gasteiger partial charge in [0.2, 0.25) is 0 Å². The van der Waals surface area contributed by atoms with Crippen LogP contribution < -0.4 is 0 Å². The Morgan fingerprint density at radius 3 is 2.78 bits per heavy atom. The Morgan fingerprint density at radius 1 is 1.50 bits per heavy atom. The van der Waals surface area contributed by atoms with Crippen LogP contribution in [-0.4, -0.2) is 53.0 Å². The maximum absolute atomic E-state index is 11.6. The van der Waals surface area contributed by atoms with Gasteiger partial charge in [0.05, 0.1) is 31.6 Å². The van der Waals surface area contributed by atoms with E-state index in [1.165, 1.54) is 6.26 Å². The zero-order valence-corrected chi connectivity index (χ0v) is 10.2. The highest BCUT2D eigenvalue weighted by atomic mass is 16.5. The molecule has 6 heteroatoms. The number of nitrogens with zero attached hydrogens (tertiary/aromatic N) is 1. The first-order valence-corrected chi connectivity index (χ1v) is 5.93. The molecule has 0 aromatic carbocycles. The number of hydrogen-bond acceptors (Lipinski definition) is 6. The normalized spacial score (nSPS) is 24.4. The first-order valence-electron chi connectivity index (χ1n) is 5.93.